The van der Waals surface area contributed by atoms with Crippen molar-refractivity contribution in [2.45, 2.75) is 13.5 Å². The first kappa shape index (κ1) is 12.0. The van der Waals surface area contributed by atoms with Crippen LogP contribution in [0.1, 0.15) is 21.7 Å². The topological polar surface area (TPSA) is 88.0 Å². The predicted octanol–water partition coefficient (Wildman–Crippen LogP) is 1.49. The smallest absolute Gasteiger partial charge is 0.337 e. The molecule has 2 heterocycles. The quantitative estimate of drug-likeness (QED) is 0.847. The summed E-state index contributed by atoms with van der Waals surface area (Å²) in [4.78, 5) is 23.0. The van der Waals surface area contributed by atoms with Crippen molar-refractivity contribution in [2.75, 3.05) is 5.32 Å². The number of carboxylic acids is 1. The summed E-state index contributed by atoms with van der Waals surface area (Å²) < 4.78 is 0. The monoisotopic (exact) mass is 244 g/mol. The number of hydrogen-bond donors (Lipinski definition) is 2. The Balaban J connectivity index is 1.97. The van der Waals surface area contributed by atoms with Crippen LogP contribution in [0.5, 0.6) is 0 Å². The van der Waals surface area contributed by atoms with Crippen molar-refractivity contribution in [3.63, 3.8) is 0 Å². The zero-order valence-electron chi connectivity index (χ0n) is 9.79. The summed E-state index contributed by atoms with van der Waals surface area (Å²) in [5.74, 6) is -0.388. The highest BCUT2D eigenvalue weighted by atomic mass is 16.4. The molecule has 0 unspecified atom stereocenters. The van der Waals surface area contributed by atoms with Gasteiger partial charge in [-0.2, -0.15) is 0 Å². The summed E-state index contributed by atoms with van der Waals surface area (Å²) in [5, 5.41) is 11.8. The molecule has 0 bridgehead atoms. The summed E-state index contributed by atoms with van der Waals surface area (Å²) in [6, 6.07) is 3.11. The van der Waals surface area contributed by atoms with Crippen molar-refractivity contribution in [1.29, 1.82) is 0 Å². The third kappa shape index (κ3) is 3.00. The minimum atomic E-state index is -0.988. The van der Waals surface area contributed by atoms with Gasteiger partial charge in [0.1, 0.15) is 5.82 Å². The Morgan fingerprint density at radius 1 is 1.22 bits per heavy atom. The van der Waals surface area contributed by atoms with Gasteiger partial charge in [0, 0.05) is 12.4 Å². The van der Waals surface area contributed by atoms with Crippen molar-refractivity contribution in [1.82, 2.24) is 15.0 Å². The largest absolute Gasteiger partial charge is 0.478 e. The Bertz CT molecular complexity index is 537. The van der Waals surface area contributed by atoms with E-state index in [1.807, 2.05) is 6.92 Å². The number of pyridine rings is 1. The van der Waals surface area contributed by atoms with Crippen LogP contribution in [0.2, 0.25) is 0 Å². The first-order chi connectivity index (χ1) is 8.65. The molecule has 0 aliphatic carbocycles. The molecule has 0 atom stereocenters. The van der Waals surface area contributed by atoms with Crippen LogP contribution in [0.15, 0.2) is 30.7 Å². The highest BCUT2D eigenvalue weighted by molar-refractivity contribution is 5.87. The average molecular weight is 244 g/mol. The van der Waals surface area contributed by atoms with Crippen LogP contribution < -0.4 is 5.32 Å². The molecule has 0 amide bonds. The van der Waals surface area contributed by atoms with E-state index in [0.717, 1.165) is 11.4 Å². The predicted molar refractivity (Wildman–Crippen MR) is 65.3 cm³/mol. The number of aryl methyl sites for hydroxylation is 1. The Kier molecular flexibility index (Phi) is 3.47. The number of anilines is 1. The zero-order valence-corrected chi connectivity index (χ0v) is 9.79. The standard InChI is InChI=1S/C12H12N4O2/c1-8-4-14-10(6-13-8)7-16-11-3-2-9(5-15-11)12(17)18/h2-6H,7H2,1H3,(H,15,16)(H,17,18). The maximum atomic E-state index is 10.6. The molecule has 0 saturated carbocycles. The van der Waals surface area contributed by atoms with E-state index >= 15 is 0 Å². The Labute approximate surface area is 104 Å². The lowest BCUT2D eigenvalue weighted by Crippen LogP contribution is -2.05. The molecule has 0 aliphatic rings. The Morgan fingerprint density at radius 2 is 2.06 bits per heavy atom. The van der Waals surface area contributed by atoms with E-state index in [2.05, 4.69) is 20.3 Å². The molecule has 6 nitrogen and oxygen atoms in total. The van der Waals surface area contributed by atoms with E-state index in [9.17, 15) is 4.79 Å². The van der Waals surface area contributed by atoms with Crippen LogP contribution in [0, 0.1) is 6.92 Å². The lowest BCUT2D eigenvalue weighted by molar-refractivity contribution is 0.0696. The van der Waals surface area contributed by atoms with E-state index in [0.29, 0.717) is 12.4 Å². The van der Waals surface area contributed by atoms with E-state index in [-0.39, 0.29) is 5.56 Å². The molecule has 0 saturated heterocycles. The molecule has 6 heteroatoms. The molecule has 0 fully saturated rings. The fourth-order valence-electron chi connectivity index (χ4n) is 1.32. The van der Waals surface area contributed by atoms with Crippen molar-refractivity contribution < 1.29 is 9.90 Å². The first-order valence-electron chi connectivity index (χ1n) is 5.36. The average Bonchev–Trinajstić information content (AvgIpc) is 2.38. The van der Waals surface area contributed by atoms with Gasteiger partial charge in [0.25, 0.3) is 0 Å². The molecule has 2 aromatic heterocycles. The molecular weight excluding hydrogens is 232 g/mol. The molecule has 0 radical (unpaired) electrons. The summed E-state index contributed by atoms with van der Waals surface area (Å²) in [5.41, 5.74) is 1.82. The maximum Gasteiger partial charge on any atom is 0.337 e. The minimum Gasteiger partial charge on any atom is -0.478 e. The van der Waals surface area contributed by atoms with Crippen molar-refractivity contribution in [3.8, 4) is 0 Å². The molecule has 0 aliphatic heterocycles. The van der Waals surface area contributed by atoms with Gasteiger partial charge in [-0.15, -0.1) is 0 Å². The zero-order chi connectivity index (χ0) is 13.0. The van der Waals surface area contributed by atoms with E-state index < -0.39 is 5.97 Å². The molecule has 2 N–H and O–H groups in total. The Hall–Kier alpha value is -2.50. The van der Waals surface area contributed by atoms with Gasteiger partial charge in [-0.25, -0.2) is 9.78 Å². The molecule has 18 heavy (non-hydrogen) atoms. The number of nitrogens with zero attached hydrogens (tertiary/aromatic N) is 3. The van der Waals surface area contributed by atoms with E-state index in [4.69, 9.17) is 5.11 Å². The van der Waals surface area contributed by atoms with Gasteiger partial charge < -0.3 is 10.4 Å². The second-order valence-electron chi connectivity index (χ2n) is 3.74. The second-order valence-corrected chi connectivity index (χ2v) is 3.74. The third-order valence-electron chi connectivity index (χ3n) is 2.30. The molecule has 2 rings (SSSR count). The first-order valence-corrected chi connectivity index (χ1v) is 5.36. The van der Waals surface area contributed by atoms with Crippen molar-refractivity contribution in [2.24, 2.45) is 0 Å². The summed E-state index contributed by atoms with van der Waals surface area (Å²) >= 11 is 0. The minimum absolute atomic E-state index is 0.163. The van der Waals surface area contributed by atoms with Crippen LogP contribution in [-0.2, 0) is 6.54 Å². The van der Waals surface area contributed by atoms with Crippen LogP contribution in [0.25, 0.3) is 0 Å². The normalized spacial score (nSPS) is 10.1. The third-order valence-corrected chi connectivity index (χ3v) is 2.30. The van der Waals surface area contributed by atoms with Gasteiger partial charge in [-0.05, 0) is 19.1 Å². The highest BCUT2D eigenvalue weighted by Gasteiger charge is 2.02. The molecule has 0 spiro atoms. The lowest BCUT2D eigenvalue weighted by atomic mass is 10.3. The van der Waals surface area contributed by atoms with Crippen molar-refractivity contribution >= 4 is 11.8 Å². The van der Waals surface area contributed by atoms with Gasteiger partial charge in [0.15, 0.2) is 0 Å². The number of hydrogen-bond acceptors (Lipinski definition) is 5. The highest BCUT2D eigenvalue weighted by Crippen LogP contribution is 2.06. The van der Waals surface area contributed by atoms with E-state index in [1.54, 1.807) is 18.5 Å². The molecule has 2 aromatic rings. The fraction of sp³-hybridized carbons (Fsp3) is 0.167. The molecule has 0 aromatic carbocycles. The lowest BCUT2D eigenvalue weighted by Gasteiger charge is -2.05. The summed E-state index contributed by atoms with van der Waals surface area (Å²) in [6.07, 6.45) is 4.69. The summed E-state index contributed by atoms with van der Waals surface area (Å²) in [6.45, 7) is 2.36. The van der Waals surface area contributed by atoms with Crippen LogP contribution >= 0.6 is 0 Å². The number of rotatable bonds is 4. The van der Waals surface area contributed by atoms with Crippen LogP contribution in [-0.4, -0.2) is 26.0 Å². The SMILES string of the molecule is Cc1cnc(CNc2ccc(C(=O)O)cn2)cn1. The van der Waals surface area contributed by atoms with Gasteiger partial charge in [0.05, 0.1) is 29.7 Å². The molecular formula is C12H12N4O2. The fourth-order valence-corrected chi connectivity index (χ4v) is 1.32. The second kappa shape index (κ2) is 5.22. The van der Waals surface area contributed by atoms with Gasteiger partial charge in [-0.3, -0.25) is 9.97 Å². The van der Waals surface area contributed by atoms with E-state index in [1.165, 1.54) is 12.3 Å². The van der Waals surface area contributed by atoms with Crippen LogP contribution in [0.4, 0.5) is 5.82 Å². The maximum absolute atomic E-state index is 10.6. The number of nitrogens with one attached hydrogen (secondary N) is 1. The van der Waals surface area contributed by atoms with Gasteiger partial charge in [-0.1, -0.05) is 0 Å². The molecule has 92 valence electrons. The van der Waals surface area contributed by atoms with Gasteiger partial charge in [0.2, 0.25) is 0 Å². The number of aromatic nitrogens is 3. The van der Waals surface area contributed by atoms with Gasteiger partial charge >= 0.3 is 5.97 Å². The van der Waals surface area contributed by atoms with Crippen molar-refractivity contribution in [3.05, 3.63) is 47.7 Å². The number of carbonyl (C=O) groups is 1. The van der Waals surface area contributed by atoms with Crippen LogP contribution in [0.3, 0.4) is 0 Å². The Morgan fingerprint density at radius 3 is 2.61 bits per heavy atom. The number of carboxylic acid groups (broad SMARTS) is 1. The number of aromatic carboxylic acids is 1. The summed E-state index contributed by atoms with van der Waals surface area (Å²) in [7, 11) is 0.